The van der Waals surface area contributed by atoms with Gasteiger partial charge in [-0.1, -0.05) is 0 Å². The van der Waals surface area contributed by atoms with Crippen molar-refractivity contribution in [3.63, 3.8) is 0 Å². The molecule has 198 valence electrons. The van der Waals surface area contributed by atoms with E-state index < -0.39 is 5.97 Å². The van der Waals surface area contributed by atoms with Crippen molar-refractivity contribution in [1.82, 2.24) is 39.4 Å². The molecule has 2 N–H and O–H groups in total. The smallest absolute Gasteiger partial charge is 0.358 e. The number of hydrogen-bond acceptors (Lipinski definition) is 13. The number of nitrogen functional groups attached to an aromatic ring is 1. The van der Waals surface area contributed by atoms with Crippen molar-refractivity contribution in [3.05, 3.63) is 36.5 Å². The molecule has 6 heterocycles. The SMILES string of the molecule is COC(=O)c1cncc(N2CCN(C[C@@H]3CCCN(c4nc(N)n5nc(-c6ccco6)nc5n4)C3)CC2)n1. The zero-order valence-electron chi connectivity index (χ0n) is 21.1. The van der Waals surface area contributed by atoms with E-state index in [2.05, 4.69) is 44.7 Å². The van der Waals surface area contributed by atoms with Gasteiger partial charge in [-0.25, -0.2) is 9.78 Å². The molecule has 0 amide bonds. The zero-order chi connectivity index (χ0) is 26.1. The first-order valence-electron chi connectivity index (χ1n) is 12.6. The van der Waals surface area contributed by atoms with Gasteiger partial charge in [0.25, 0.3) is 5.78 Å². The number of piperazine rings is 1. The number of methoxy groups -OCH3 is 1. The number of furan rings is 1. The second kappa shape index (κ2) is 10.2. The van der Waals surface area contributed by atoms with Gasteiger partial charge >= 0.3 is 5.97 Å². The predicted octanol–water partition coefficient (Wildman–Crippen LogP) is 0.977. The van der Waals surface area contributed by atoms with Crippen LogP contribution in [0.5, 0.6) is 0 Å². The number of nitrogens with zero attached hydrogens (tertiary/aromatic N) is 10. The van der Waals surface area contributed by atoms with Crippen LogP contribution in [0.15, 0.2) is 35.2 Å². The van der Waals surface area contributed by atoms with Gasteiger partial charge in [0.2, 0.25) is 17.7 Å². The Labute approximate surface area is 218 Å². The van der Waals surface area contributed by atoms with Gasteiger partial charge in [0.05, 0.1) is 25.8 Å². The van der Waals surface area contributed by atoms with Crippen LogP contribution >= 0.6 is 0 Å². The van der Waals surface area contributed by atoms with Gasteiger partial charge in [0.1, 0.15) is 5.82 Å². The summed E-state index contributed by atoms with van der Waals surface area (Å²) in [5, 5.41) is 4.38. The second-order valence-electron chi connectivity index (χ2n) is 9.50. The fourth-order valence-electron chi connectivity index (χ4n) is 5.08. The van der Waals surface area contributed by atoms with Crippen LogP contribution < -0.4 is 15.5 Å². The number of nitrogens with two attached hydrogens (primary N) is 1. The van der Waals surface area contributed by atoms with Gasteiger partial charge in [-0.2, -0.15) is 19.5 Å². The first kappa shape index (κ1) is 24.0. The van der Waals surface area contributed by atoms with Crippen molar-refractivity contribution >= 4 is 29.5 Å². The summed E-state index contributed by atoms with van der Waals surface area (Å²) in [4.78, 5) is 40.9. The number of aromatic nitrogens is 7. The maximum atomic E-state index is 11.8. The fraction of sp³-hybridized carbons (Fsp3) is 0.458. The van der Waals surface area contributed by atoms with Crippen LogP contribution in [0.2, 0.25) is 0 Å². The van der Waals surface area contributed by atoms with Crippen molar-refractivity contribution in [3.8, 4) is 11.6 Å². The molecule has 38 heavy (non-hydrogen) atoms. The summed E-state index contributed by atoms with van der Waals surface area (Å²) in [7, 11) is 1.34. The third kappa shape index (κ3) is 4.81. The summed E-state index contributed by atoms with van der Waals surface area (Å²) < 4.78 is 11.6. The first-order chi connectivity index (χ1) is 18.6. The monoisotopic (exact) mass is 519 g/mol. The number of piperidine rings is 1. The van der Waals surface area contributed by atoms with Gasteiger partial charge in [0.15, 0.2) is 11.5 Å². The molecule has 0 saturated carbocycles. The third-order valence-corrected chi connectivity index (χ3v) is 6.99. The molecular weight excluding hydrogens is 490 g/mol. The van der Waals surface area contributed by atoms with E-state index in [1.807, 2.05) is 0 Å². The largest absolute Gasteiger partial charge is 0.464 e. The van der Waals surface area contributed by atoms with Gasteiger partial charge in [0, 0.05) is 45.8 Å². The third-order valence-electron chi connectivity index (χ3n) is 6.99. The Bertz CT molecular complexity index is 1420. The average molecular weight is 520 g/mol. The van der Waals surface area contributed by atoms with E-state index in [0.29, 0.717) is 35.0 Å². The second-order valence-corrected chi connectivity index (χ2v) is 9.50. The molecule has 1 atom stereocenters. The minimum atomic E-state index is -0.480. The molecule has 0 aliphatic carbocycles. The molecule has 0 spiro atoms. The predicted molar refractivity (Wildman–Crippen MR) is 138 cm³/mol. The summed E-state index contributed by atoms with van der Waals surface area (Å²) in [6.07, 6.45) is 6.90. The standard InChI is InChI=1S/C24H29N11O3/c1-37-21(36)17-12-26-13-19(27-17)33-9-7-32(8-10-33)14-16-4-2-6-34(15-16)23-29-22(25)35-24(30-23)28-20(31-35)18-5-3-11-38-18/h3,5,11-13,16H,2,4,6-10,14-15H2,1H3,(H2,25,28,29,30,31)/t16-/m0/s1. The summed E-state index contributed by atoms with van der Waals surface area (Å²) in [5.41, 5.74) is 6.43. The Balaban J connectivity index is 1.08. The lowest BCUT2D eigenvalue weighted by molar-refractivity contribution is 0.0593. The molecule has 2 saturated heterocycles. The fourth-order valence-corrected chi connectivity index (χ4v) is 5.08. The number of ether oxygens (including phenoxy) is 1. The maximum absolute atomic E-state index is 11.8. The van der Waals surface area contributed by atoms with Crippen molar-refractivity contribution in [2.45, 2.75) is 12.8 Å². The maximum Gasteiger partial charge on any atom is 0.358 e. The highest BCUT2D eigenvalue weighted by molar-refractivity contribution is 5.87. The Morgan fingerprint density at radius 2 is 1.97 bits per heavy atom. The number of carbonyl (C=O) groups excluding carboxylic acids is 1. The van der Waals surface area contributed by atoms with E-state index in [9.17, 15) is 4.79 Å². The van der Waals surface area contributed by atoms with E-state index >= 15 is 0 Å². The summed E-state index contributed by atoms with van der Waals surface area (Å²) in [6.45, 7) is 6.16. The van der Waals surface area contributed by atoms with Gasteiger partial charge < -0.3 is 24.7 Å². The number of esters is 1. The quantitative estimate of drug-likeness (QED) is 0.360. The summed E-state index contributed by atoms with van der Waals surface area (Å²) in [6, 6.07) is 3.58. The average Bonchev–Trinajstić information content (AvgIpc) is 3.64. The molecule has 2 aliphatic heterocycles. The van der Waals surface area contributed by atoms with Crippen LogP contribution in [-0.2, 0) is 4.74 Å². The lowest BCUT2D eigenvalue weighted by Crippen LogP contribution is -2.50. The van der Waals surface area contributed by atoms with Crippen LogP contribution in [0.4, 0.5) is 17.7 Å². The lowest BCUT2D eigenvalue weighted by Gasteiger charge is -2.39. The highest BCUT2D eigenvalue weighted by Crippen LogP contribution is 2.24. The molecule has 14 nitrogen and oxygen atoms in total. The van der Waals surface area contributed by atoms with Crippen molar-refractivity contribution in [2.75, 3.05) is 68.5 Å². The summed E-state index contributed by atoms with van der Waals surface area (Å²) in [5.74, 6) is 2.90. The summed E-state index contributed by atoms with van der Waals surface area (Å²) >= 11 is 0. The molecule has 0 bridgehead atoms. The molecule has 14 heteroatoms. The van der Waals surface area contributed by atoms with Crippen LogP contribution in [0.1, 0.15) is 23.3 Å². The Morgan fingerprint density at radius 1 is 1.11 bits per heavy atom. The minimum absolute atomic E-state index is 0.221. The van der Waals surface area contributed by atoms with Crippen LogP contribution in [0, 0.1) is 5.92 Å². The minimum Gasteiger partial charge on any atom is -0.464 e. The van der Waals surface area contributed by atoms with Crippen LogP contribution in [-0.4, -0.2) is 98.3 Å². The van der Waals surface area contributed by atoms with Gasteiger partial charge in [-0.15, -0.1) is 5.10 Å². The highest BCUT2D eigenvalue weighted by atomic mass is 16.5. The van der Waals surface area contributed by atoms with E-state index in [-0.39, 0.29) is 11.6 Å². The molecule has 6 rings (SSSR count). The zero-order valence-corrected chi connectivity index (χ0v) is 21.1. The molecule has 0 radical (unpaired) electrons. The van der Waals surface area contributed by atoms with E-state index in [1.165, 1.54) is 17.8 Å². The molecule has 2 fully saturated rings. The molecule has 0 unspecified atom stereocenters. The highest BCUT2D eigenvalue weighted by Gasteiger charge is 2.27. The molecule has 4 aromatic heterocycles. The van der Waals surface area contributed by atoms with Gasteiger partial charge in [-0.3, -0.25) is 9.88 Å². The molecule has 2 aliphatic rings. The number of rotatable bonds is 6. The molecule has 0 aromatic carbocycles. The van der Waals surface area contributed by atoms with Crippen molar-refractivity contribution in [2.24, 2.45) is 5.92 Å². The first-order valence-corrected chi connectivity index (χ1v) is 12.6. The van der Waals surface area contributed by atoms with E-state index in [1.54, 1.807) is 24.6 Å². The number of hydrogen-bond donors (Lipinski definition) is 1. The topological polar surface area (TPSA) is 157 Å². The van der Waals surface area contributed by atoms with Crippen molar-refractivity contribution in [1.29, 1.82) is 0 Å². The Kier molecular flexibility index (Phi) is 6.45. The Hall–Kier alpha value is -4.33. The normalized spacial score (nSPS) is 18.7. The van der Waals surface area contributed by atoms with Gasteiger partial charge in [-0.05, 0) is 30.9 Å². The van der Waals surface area contributed by atoms with Crippen LogP contribution in [0.3, 0.4) is 0 Å². The van der Waals surface area contributed by atoms with E-state index in [4.69, 9.17) is 14.9 Å². The number of fused-ring (bicyclic) bond motifs is 1. The number of carbonyl (C=O) groups is 1. The number of anilines is 3. The molecular formula is C24H29N11O3. The lowest BCUT2D eigenvalue weighted by atomic mass is 9.97. The molecule has 4 aromatic rings. The Morgan fingerprint density at radius 3 is 2.76 bits per heavy atom. The van der Waals surface area contributed by atoms with E-state index in [0.717, 1.165) is 58.7 Å². The van der Waals surface area contributed by atoms with Crippen molar-refractivity contribution < 1.29 is 13.9 Å². The van der Waals surface area contributed by atoms with Crippen LogP contribution in [0.25, 0.3) is 17.4 Å².